The Morgan fingerprint density at radius 2 is 1.95 bits per heavy atom. The Morgan fingerprint density at radius 1 is 1.38 bits per heavy atom. The van der Waals surface area contributed by atoms with Crippen molar-refractivity contribution in [1.29, 1.82) is 0 Å². The molecule has 21 heavy (non-hydrogen) atoms. The van der Waals surface area contributed by atoms with Crippen LogP contribution in [0.25, 0.3) is 0 Å². The molecule has 0 aliphatic carbocycles. The molecule has 1 amide bonds. The molecule has 0 saturated heterocycles. The fourth-order valence-corrected chi connectivity index (χ4v) is 4.25. The van der Waals surface area contributed by atoms with E-state index in [1.807, 2.05) is 20.8 Å². The third-order valence-electron chi connectivity index (χ3n) is 3.39. The second-order valence-electron chi connectivity index (χ2n) is 4.85. The SMILES string of the molecule is CCC(C)C(C)NC(=O)c1cc(S(=O)(=O)Cl)c(Br)cc1Cl. The predicted molar refractivity (Wildman–Crippen MR) is 88.6 cm³/mol. The first-order valence-electron chi connectivity index (χ1n) is 6.32. The van der Waals surface area contributed by atoms with Crippen LogP contribution in [0.5, 0.6) is 0 Å². The molecule has 8 heteroatoms. The number of benzene rings is 1. The average Bonchev–Trinajstić information content (AvgIpc) is 2.35. The minimum atomic E-state index is -3.97. The summed E-state index contributed by atoms with van der Waals surface area (Å²) in [6.07, 6.45) is 0.914. The summed E-state index contributed by atoms with van der Waals surface area (Å²) < 4.78 is 23.2. The zero-order chi connectivity index (χ0) is 16.4. The van der Waals surface area contributed by atoms with E-state index in [4.69, 9.17) is 22.3 Å². The number of carbonyl (C=O) groups excluding carboxylic acids is 1. The Balaban J connectivity index is 3.16. The van der Waals surface area contributed by atoms with Crippen molar-refractivity contribution in [3.63, 3.8) is 0 Å². The summed E-state index contributed by atoms with van der Waals surface area (Å²) in [6, 6.07) is 2.46. The summed E-state index contributed by atoms with van der Waals surface area (Å²) in [6.45, 7) is 5.93. The second-order valence-corrected chi connectivity index (χ2v) is 8.64. The fourth-order valence-electron chi connectivity index (χ4n) is 1.67. The first kappa shape index (κ1) is 18.7. The van der Waals surface area contributed by atoms with Gasteiger partial charge in [0.1, 0.15) is 0 Å². The van der Waals surface area contributed by atoms with Gasteiger partial charge in [-0.25, -0.2) is 8.42 Å². The molecule has 4 nitrogen and oxygen atoms in total. The fraction of sp³-hybridized carbons (Fsp3) is 0.462. The lowest BCUT2D eigenvalue weighted by atomic mass is 10.0. The molecule has 1 aromatic rings. The molecule has 0 radical (unpaired) electrons. The molecular weight excluding hydrogens is 401 g/mol. The Bertz CT molecular complexity index is 649. The van der Waals surface area contributed by atoms with Gasteiger partial charge >= 0.3 is 0 Å². The van der Waals surface area contributed by atoms with E-state index >= 15 is 0 Å². The van der Waals surface area contributed by atoms with Gasteiger partial charge < -0.3 is 5.32 Å². The van der Waals surface area contributed by atoms with Gasteiger partial charge in [-0.1, -0.05) is 31.9 Å². The quantitative estimate of drug-likeness (QED) is 0.731. The van der Waals surface area contributed by atoms with Gasteiger partial charge in [0.2, 0.25) is 0 Å². The van der Waals surface area contributed by atoms with Gasteiger partial charge in [-0.3, -0.25) is 4.79 Å². The van der Waals surface area contributed by atoms with Crippen LogP contribution < -0.4 is 5.32 Å². The number of nitrogens with one attached hydrogen (secondary N) is 1. The van der Waals surface area contributed by atoms with Crippen molar-refractivity contribution in [2.24, 2.45) is 5.92 Å². The Kier molecular flexibility index (Phi) is 6.53. The lowest BCUT2D eigenvalue weighted by molar-refractivity contribution is 0.0928. The van der Waals surface area contributed by atoms with E-state index < -0.39 is 15.0 Å². The number of amides is 1. The molecule has 0 fully saturated rings. The zero-order valence-electron chi connectivity index (χ0n) is 11.8. The van der Waals surface area contributed by atoms with Gasteiger partial charge in [0.25, 0.3) is 15.0 Å². The van der Waals surface area contributed by atoms with Crippen molar-refractivity contribution in [2.75, 3.05) is 0 Å². The maximum Gasteiger partial charge on any atom is 0.262 e. The van der Waals surface area contributed by atoms with Crippen LogP contribution in [0.1, 0.15) is 37.6 Å². The third-order valence-corrected chi connectivity index (χ3v) is 5.98. The predicted octanol–water partition coefficient (Wildman–Crippen LogP) is 4.19. The summed E-state index contributed by atoms with van der Waals surface area (Å²) in [7, 11) is 1.37. The van der Waals surface area contributed by atoms with Crippen molar-refractivity contribution >= 4 is 53.2 Å². The molecule has 0 saturated carbocycles. The number of halogens is 3. The summed E-state index contributed by atoms with van der Waals surface area (Å²) in [4.78, 5) is 12.1. The first-order chi connectivity index (χ1) is 9.57. The van der Waals surface area contributed by atoms with Gasteiger partial charge in [-0.05, 0) is 40.9 Å². The van der Waals surface area contributed by atoms with Crippen LogP contribution in [0, 0.1) is 5.92 Å². The summed E-state index contributed by atoms with van der Waals surface area (Å²) in [5.74, 6) is -0.138. The normalized spacial score (nSPS) is 14.6. The van der Waals surface area contributed by atoms with E-state index in [0.717, 1.165) is 6.42 Å². The molecule has 0 aliphatic rings. The van der Waals surface area contributed by atoms with E-state index in [1.54, 1.807) is 0 Å². The Hall–Kier alpha value is -0.300. The van der Waals surface area contributed by atoms with Crippen LogP contribution in [0.3, 0.4) is 0 Å². The highest BCUT2D eigenvalue weighted by Gasteiger charge is 2.22. The molecule has 0 bridgehead atoms. The average molecular weight is 417 g/mol. The molecule has 0 aliphatic heterocycles. The lowest BCUT2D eigenvalue weighted by Gasteiger charge is -2.20. The molecule has 0 aromatic heterocycles. The second kappa shape index (κ2) is 7.31. The topological polar surface area (TPSA) is 63.2 Å². The summed E-state index contributed by atoms with van der Waals surface area (Å²) in [5, 5.41) is 2.96. The summed E-state index contributed by atoms with van der Waals surface area (Å²) in [5.41, 5.74) is 0.0780. The van der Waals surface area contributed by atoms with E-state index in [1.165, 1.54) is 12.1 Å². The van der Waals surface area contributed by atoms with Crippen LogP contribution in [-0.2, 0) is 9.05 Å². The minimum Gasteiger partial charge on any atom is -0.349 e. The van der Waals surface area contributed by atoms with Crippen LogP contribution in [0.4, 0.5) is 0 Å². The minimum absolute atomic E-state index is 0.0572. The van der Waals surface area contributed by atoms with Crippen molar-refractivity contribution in [2.45, 2.75) is 38.1 Å². The smallest absolute Gasteiger partial charge is 0.262 e. The molecule has 1 aromatic carbocycles. The van der Waals surface area contributed by atoms with Crippen molar-refractivity contribution in [3.8, 4) is 0 Å². The van der Waals surface area contributed by atoms with Crippen LogP contribution in [0.15, 0.2) is 21.5 Å². The van der Waals surface area contributed by atoms with Crippen molar-refractivity contribution in [3.05, 3.63) is 27.2 Å². The van der Waals surface area contributed by atoms with E-state index in [-0.39, 0.29) is 26.0 Å². The largest absolute Gasteiger partial charge is 0.349 e. The summed E-state index contributed by atoms with van der Waals surface area (Å²) >= 11 is 9.09. The Labute approximate surface area is 142 Å². The van der Waals surface area contributed by atoms with Gasteiger partial charge in [-0.15, -0.1) is 0 Å². The first-order valence-corrected chi connectivity index (χ1v) is 9.80. The lowest BCUT2D eigenvalue weighted by Crippen LogP contribution is -2.37. The zero-order valence-corrected chi connectivity index (χ0v) is 15.7. The molecule has 1 N–H and O–H groups in total. The molecule has 2 unspecified atom stereocenters. The third kappa shape index (κ3) is 4.84. The maximum atomic E-state index is 12.2. The molecule has 1 rings (SSSR count). The van der Waals surface area contributed by atoms with Gasteiger partial charge in [0, 0.05) is 21.2 Å². The van der Waals surface area contributed by atoms with Gasteiger partial charge in [0.15, 0.2) is 0 Å². The van der Waals surface area contributed by atoms with Gasteiger partial charge in [0.05, 0.1) is 15.5 Å². The highest BCUT2D eigenvalue weighted by molar-refractivity contribution is 9.10. The molecule has 118 valence electrons. The number of rotatable bonds is 5. The standard InChI is InChI=1S/C13H16BrCl2NO3S/c1-4-7(2)8(3)17-13(18)9-5-12(21(16,19)20)10(14)6-11(9)15/h5-8H,4H2,1-3H3,(H,17,18). The highest BCUT2D eigenvalue weighted by Crippen LogP contribution is 2.31. The molecule has 0 heterocycles. The molecule has 0 spiro atoms. The van der Waals surface area contributed by atoms with Gasteiger partial charge in [-0.2, -0.15) is 0 Å². The Morgan fingerprint density at radius 3 is 2.43 bits per heavy atom. The van der Waals surface area contributed by atoms with Crippen LogP contribution in [-0.4, -0.2) is 20.4 Å². The van der Waals surface area contributed by atoms with E-state index in [0.29, 0.717) is 5.92 Å². The van der Waals surface area contributed by atoms with Crippen LogP contribution in [0.2, 0.25) is 5.02 Å². The number of hydrogen-bond donors (Lipinski definition) is 1. The van der Waals surface area contributed by atoms with E-state index in [2.05, 4.69) is 21.2 Å². The molecule has 2 atom stereocenters. The highest BCUT2D eigenvalue weighted by atomic mass is 79.9. The van der Waals surface area contributed by atoms with E-state index in [9.17, 15) is 13.2 Å². The molecular formula is C13H16BrCl2NO3S. The monoisotopic (exact) mass is 415 g/mol. The maximum absolute atomic E-state index is 12.2. The van der Waals surface area contributed by atoms with Crippen molar-refractivity contribution in [1.82, 2.24) is 5.32 Å². The van der Waals surface area contributed by atoms with Crippen LogP contribution >= 0.6 is 38.2 Å². The van der Waals surface area contributed by atoms with Crippen molar-refractivity contribution < 1.29 is 13.2 Å². The number of carbonyl (C=O) groups is 1. The number of hydrogen-bond acceptors (Lipinski definition) is 3.